The molecule has 2 aromatic rings. The quantitative estimate of drug-likeness (QED) is 0.883. The van der Waals surface area contributed by atoms with Crippen molar-refractivity contribution in [3.8, 4) is 11.3 Å². The van der Waals surface area contributed by atoms with Gasteiger partial charge >= 0.3 is 5.97 Å². The van der Waals surface area contributed by atoms with Gasteiger partial charge in [-0.3, -0.25) is 9.59 Å². The summed E-state index contributed by atoms with van der Waals surface area (Å²) in [4.78, 5) is 23.9. The highest BCUT2D eigenvalue weighted by Gasteiger charge is 2.29. The average Bonchev–Trinajstić information content (AvgIpc) is 2.91. The summed E-state index contributed by atoms with van der Waals surface area (Å²) in [7, 11) is 0. The maximum atomic E-state index is 12.9. The smallest absolute Gasteiger partial charge is 0.306 e. The molecule has 0 atom stereocenters. The number of rotatable bonds is 4. The van der Waals surface area contributed by atoms with E-state index >= 15 is 0 Å². The third-order valence-electron chi connectivity index (χ3n) is 5.06. The van der Waals surface area contributed by atoms with Crippen molar-refractivity contribution < 1.29 is 19.1 Å². The monoisotopic (exact) mass is 341 g/mol. The molecule has 132 valence electrons. The van der Waals surface area contributed by atoms with Gasteiger partial charge in [-0.05, 0) is 39.5 Å². The molecule has 1 fully saturated rings. The molecule has 0 radical (unpaired) electrons. The summed E-state index contributed by atoms with van der Waals surface area (Å²) in [5.74, 6) is 0.154. The number of benzene rings is 1. The van der Waals surface area contributed by atoms with E-state index in [0.29, 0.717) is 37.0 Å². The molecule has 0 unspecified atom stereocenters. The lowest BCUT2D eigenvalue weighted by Crippen LogP contribution is -2.39. The number of hydrogen-bond donors (Lipinski definition) is 2. The van der Waals surface area contributed by atoms with Crippen LogP contribution in [0, 0.1) is 19.8 Å². The number of aryl methyl sites for hydroxylation is 1. The standard InChI is InChI=1S/C20H23NO4/c1-12-13(2)25-18(14-6-4-3-5-7-14)17(12)19(22)21-16-10-8-15(9-11-16)20(23)24/h3-7,15-16H,8-11H2,1-2H3,(H,21,22)(H,23,24). The maximum Gasteiger partial charge on any atom is 0.306 e. The fourth-order valence-electron chi connectivity index (χ4n) is 3.44. The minimum absolute atomic E-state index is 0.0151. The van der Waals surface area contributed by atoms with Gasteiger partial charge in [-0.25, -0.2) is 0 Å². The Morgan fingerprint density at radius 1 is 1.08 bits per heavy atom. The van der Waals surface area contributed by atoms with Crippen molar-refractivity contribution in [1.82, 2.24) is 5.32 Å². The zero-order chi connectivity index (χ0) is 18.0. The zero-order valence-electron chi connectivity index (χ0n) is 14.5. The molecule has 0 aliphatic heterocycles. The second-order valence-corrected chi connectivity index (χ2v) is 6.71. The summed E-state index contributed by atoms with van der Waals surface area (Å²) in [6.45, 7) is 3.75. The zero-order valence-corrected chi connectivity index (χ0v) is 14.5. The first-order chi connectivity index (χ1) is 12.0. The van der Waals surface area contributed by atoms with Crippen molar-refractivity contribution in [2.45, 2.75) is 45.6 Å². The molecular weight excluding hydrogens is 318 g/mol. The number of nitrogens with one attached hydrogen (secondary N) is 1. The lowest BCUT2D eigenvalue weighted by molar-refractivity contribution is -0.142. The van der Waals surface area contributed by atoms with Crippen molar-refractivity contribution in [3.63, 3.8) is 0 Å². The molecule has 25 heavy (non-hydrogen) atoms. The van der Waals surface area contributed by atoms with E-state index in [0.717, 1.165) is 16.9 Å². The van der Waals surface area contributed by atoms with Gasteiger partial charge in [0.2, 0.25) is 0 Å². The molecule has 5 heteroatoms. The fourth-order valence-corrected chi connectivity index (χ4v) is 3.44. The van der Waals surface area contributed by atoms with Gasteiger partial charge in [0.25, 0.3) is 5.91 Å². The topological polar surface area (TPSA) is 79.5 Å². The van der Waals surface area contributed by atoms with Crippen LogP contribution in [-0.2, 0) is 4.79 Å². The van der Waals surface area contributed by atoms with Crippen molar-refractivity contribution >= 4 is 11.9 Å². The minimum Gasteiger partial charge on any atom is -0.481 e. The number of carbonyl (C=O) groups is 2. The minimum atomic E-state index is -0.738. The van der Waals surface area contributed by atoms with Gasteiger partial charge < -0.3 is 14.8 Å². The normalized spacial score (nSPS) is 20.2. The molecule has 0 spiro atoms. The van der Waals surface area contributed by atoms with E-state index in [9.17, 15) is 9.59 Å². The van der Waals surface area contributed by atoms with Gasteiger partial charge in [-0.1, -0.05) is 30.3 Å². The number of amides is 1. The molecule has 1 amide bonds. The van der Waals surface area contributed by atoms with Gasteiger partial charge in [-0.15, -0.1) is 0 Å². The Morgan fingerprint density at radius 2 is 1.72 bits per heavy atom. The number of carboxylic acid groups (broad SMARTS) is 1. The number of aliphatic carboxylic acids is 1. The molecule has 1 aromatic heterocycles. The number of carboxylic acids is 1. The van der Waals surface area contributed by atoms with Crippen LogP contribution in [0.15, 0.2) is 34.7 Å². The predicted molar refractivity (Wildman–Crippen MR) is 94.5 cm³/mol. The van der Waals surface area contributed by atoms with Crippen LogP contribution in [0.2, 0.25) is 0 Å². The average molecular weight is 341 g/mol. The Labute approximate surface area is 147 Å². The van der Waals surface area contributed by atoms with Gasteiger partial charge in [0.1, 0.15) is 11.5 Å². The molecule has 1 aromatic carbocycles. The molecule has 1 aliphatic rings. The van der Waals surface area contributed by atoms with Gasteiger partial charge in [-0.2, -0.15) is 0 Å². The molecule has 5 nitrogen and oxygen atoms in total. The van der Waals surface area contributed by atoms with Gasteiger partial charge in [0.15, 0.2) is 0 Å². The molecular formula is C20H23NO4. The van der Waals surface area contributed by atoms with E-state index in [1.165, 1.54) is 0 Å². The Balaban J connectivity index is 1.78. The molecule has 0 bridgehead atoms. The number of hydrogen-bond acceptors (Lipinski definition) is 3. The van der Waals surface area contributed by atoms with Crippen LogP contribution in [0.5, 0.6) is 0 Å². The second kappa shape index (κ2) is 7.13. The van der Waals surface area contributed by atoms with Crippen molar-refractivity contribution in [3.05, 3.63) is 47.2 Å². The summed E-state index contributed by atoms with van der Waals surface area (Å²) in [5, 5.41) is 12.2. The van der Waals surface area contributed by atoms with Crippen LogP contribution in [0.4, 0.5) is 0 Å². The summed E-state index contributed by atoms with van der Waals surface area (Å²) in [6, 6.07) is 9.61. The van der Waals surface area contributed by atoms with Crippen molar-refractivity contribution in [1.29, 1.82) is 0 Å². The summed E-state index contributed by atoms with van der Waals surface area (Å²) < 4.78 is 5.85. The highest BCUT2D eigenvalue weighted by atomic mass is 16.4. The van der Waals surface area contributed by atoms with Crippen LogP contribution in [-0.4, -0.2) is 23.0 Å². The highest BCUT2D eigenvalue weighted by Crippen LogP contribution is 2.31. The fraction of sp³-hybridized carbons (Fsp3) is 0.400. The van der Waals surface area contributed by atoms with E-state index in [-0.39, 0.29) is 17.9 Å². The van der Waals surface area contributed by atoms with Crippen LogP contribution in [0.1, 0.15) is 47.4 Å². The Bertz CT molecular complexity index is 770. The Hall–Kier alpha value is -2.56. The molecule has 1 saturated carbocycles. The van der Waals surface area contributed by atoms with Gasteiger partial charge in [0.05, 0.1) is 11.5 Å². The van der Waals surface area contributed by atoms with Crippen LogP contribution in [0.25, 0.3) is 11.3 Å². The van der Waals surface area contributed by atoms with Gasteiger partial charge in [0, 0.05) is 17.2 Å². The molecule has 3 rings (SSSR count). The van der Waals surface area contributed by atoms with E-state index < -0.39 is 5.97 Å². The lowest BCUT2D eigenvalue weighted by Gasteiger charge is -2.26. The van der Waals surface area contributed by atoms with E-state index in [4.69, 9.17) is 9.52 Å². The number of carbonyl (C=O) groups excluding carboxylic acids is 1. The van der Waals surface area contributed by atoms with Crippen molar-refractivity contribution in [2.75, 3.05) is 0 Å². The summed E-state index contributed by atoms with van der Waals surface area (Å²) in [5.41, 5.74) is 2.29. The third-order valence-corrected chi connectivity index (χ3v) is 5.06. The SMILES string of the molecule is Cc1oc(-c2ccccc2)c(C(=O)NC2CCC(C(=O)O)CC2)c1C. The predicted octanol–water partition coefficient (Wildman–Crippen LogP) is 3.94. The molecule has 1 heterocycles. The van der Waals surface area contributed by atoms with E-state index in [1.807, 2.05) is 44.2 Å². The lowest BCUT2D eigenvalue weighted by atomic mass is 9.86. The molecule has 2 N–H and O–H groups in total. The molecule has 1 aliphatic carbocycles. The van der Waals surface area contributed by atoms with Crippen LogP contribution in [0.3, 0.4) is 0 Å². The Morgan fingerprint density at radius 3 is 2.32 bits per heavy atom. The third kappa shape index (κ3) is 3.60. The summed E-state index contributed by atoms with van der Waals surface area (Å²) >= 11 is 0. The first kappa shape index (κ1) is 17.3. The van der Waals surface area contributed by atoms with E-state index in [2.05, 4.69) is 5.32 Å². The Kier molecular flexibility index (Phi) is 4.93. The number of furan rings is 1. The second-order valence-electron chi connectivity index (χ2n) is 6.71. The first-order valence-electron chi connectivity index (χ1n) is 8.66. The van der Waals surface area contributed by atoms with Crippen molar-refractivity contribution in [2.24, 2.45) is 5.92 Å². The first-order valence-corrected chi connectivity index (χ1v) is 8.66. The van der Waals surface area contributed by atoms with Crippen LogP contribution < -0.4 is 5.32 Å². The summed E-state index contributed by atoms with van der Waals surface area (Å²) in [6.07, 6.45) is 2.60. The molecule has 0 saturated heterocycles. The van der Waals surface area contributed by atoms with E-state index in [1.54, 1.807) is 0 Å². The highest BCUT2D eigenvalue weighted by molar-refractivity contribution is 6.01. The largest absolute Gasteiger partial charge is 0.481 e. The van der Waals surface area contributed by atoms with Crippen LogP contribution >= 0.6 is 0 Å². The maximum absolute atomic E-state index is 12.9.